The van der Waals surface area contributed by atoms with E-state index < -0.39 is 5.97 Å². The molecule has 0 aromatic heterocycles. The van der Waals surface area contributed by atoms with Gasteiger partial charge in [0.1, 0.15) is 5.75 Å². The minimum Gasteiger partial charge on any atom is -0.423 e. The highest BCUT2D eigenvalue weighted by Gasteiger charge is 2.22. The van der Waals surface area contributed by atoms with E-state index in [0.29, 0.717) is 5.75 Å². The van der Waals surface area contributed by atoms with Crippen LogP contribution in [-0.4, -0.2) is 5.97 Å². The van der Waals surface area contributed by atoms with Gasteiger partial charge in [-0.05, 0) is 17.9 Å². The zero-order chi connectivity index (χ0) is 12.2. The van der Waals surface area contributed by atoms with Crippen LogP contribution in [0.25, 0.3) is 0 Å². The lowest BCUT2D eigenvalue weighted by molar-refractivity contribution is -0.129. The Kier molecular flexibility index (Phi) is 3.88. The minimum atomic E-state index is -0.417. The monoisotopic (exact) mass is 218 g/mol. The highest BCUT2D eigenvalue weighted by molar-refractivity contribution is 5.83. The van der Waals surface area contributed by atoms with Crippen molar-refractivity contribution in [3.8, 4) is 5.75 Å². The average molecular weight is 218 g/mol. The number of carbonyl (C=O) groups is 1. The Labute approximate surface area is 96.9 Å². The van der Waals surface area contributed by atoms with Gasteiger partial charge >= 0.3 is 5.97 Å². The lowest BCUT2D eigenvalue weighted by Gasteiger charge is -2.25. The summed E-state index contributed by atoms with van der Waals surface area (Å²) in [6.07, 6.45) is 2.16. The highest BCUT2D eigenvalue weighted by atomic mass is 16.5. The molecular formula is C14H18O2. The van der Waals surface area contributed by atoms with Crippen molar-refractivity contribution < 1.29 is 9.53 Å². The first-order valence-electron chi connectivity index (χ1n) is 5.45. The van der Waals surface area contributed by atoms with E-state index in [1.165, 1.54) is 6.08 Å². The summed E-state index contributed by atoms with van der Waals surface area (Å²) in [6.45, 7) is 9.78. The highest BCUT2D eigenvalue weighted by Crippen LogP contribution is 2.33. The van der Waals surface area contributed by atoms with Crippen LogP contribution >= 0.6 is 0 Å². The fraction of sp³-hybridized carbons (Fsp3) is 0.357. The van der Waals surface area contributed by atoms with Crippen molar-refractivity contribution in [2.75, 3.05) is 0 Å². The van der Waals surface area contributed by atoms with Gasteiger partial charge < -0.3 is 4.74 Å². The van der Waals surface area contributed by atoms with Crippen LogP contribution in [-0.2, 0) is 10.2 Å². The third-order valence-electron chi connectivity index (χ3n) is 2.88. The summed E-state index contributed by atoms with van der Waals surface area (Å²) in [7, 11) is 0. The summed E-state index contributed by atoms with van der Waals surface area (Å²) < 4.78 is 5.23. The first-order valence-corrected chi connectivity index (χ1v) is 5.45. The number of benzene rings is 1. The van der Waals surface area contributed by atoms with Gasteiger partial charge in [0.25, 0.3) is 0 Å². The molecule has 1 rings (SSSR count). The van der Waals surface area contributed by atoms with Crippen LogP contribution in [0.2, 0.25) is 0 Å². The summed E-state index contributed by atoms with van der Waals surface area (Å²) in [6, 6.07) is 7.63. The standard InChI is InChI=1S/C14H18O2/c1-5-13(15)16-12-10-8-7-9-11(12)14(3,4)6-2/h5,7-10H,1,6H2,2-4H3. The Morgan fingerprint density at radius 3 is 2.62 bits per heavy atom. The molecule has 1 aromatic carbocycles. The number of esters is 1. The number of hydrogen-bond donors (Lipinski definition) is 0. The molecule has 0 amide bonds. The first-order chi connectivity index (χ1) is 7.51. The Hall–Kier alpha value is -1.57. The Morgan fingerprint density at radius 1 is 1.44 bits per heavy atom. The van der Waals surface area contributed by atoms with Gasteiger partial charge in [-0.3, -0.25) is 0 Å². The van der Waals surface area contributed by atoms with E-state index in [4.69, 9.17) is 4.74 Å². The molecule has 0 radical (unpaired) electrons. The molecule has 2 heteroatoms. The molecule has 0 unspecified atom stereocenters. The minimum absolute atomic E-state index is 0.00194. The van der Waals surface area contributed by atoms with Crippen LogP contribution in [0, 0.1) is 0 Å². The van der Waals surface area contributed by atoms with E-state index in [-0.39, 0.29) is 5.41 Å². The van der Waals surface area contributed by atoms with Gasteiger partial charge in [0.2, 0.25) is 0 Å². The van der Waals surface area contributed by atoms with Crippen molar-refractivity contribution in [2.24, 2.45) is 0 Å². The molecule has 0 aliphatic rings. The summed E-state index contributed by atoms with van der Waals surface area (Å²) >= 11 is 0. The summed E-state index contributed by atoms with van der Waals surface area (Å²) in [4.78, 5) is 11.2. The first kappa shape index (κ1) is 12.5. The SMILES string of the molecule is C=CC(=O)Oc1ccccc1C(C)(C)CC. The molecule has 1 aromatic rings. The molecule has 0 N–H and O–H groups in total. The lowest BCUT2D eigenvalue weighted by Crippen LogP contribution is -2.18. The maximum atomic E-state index is 11.2. The predicted octanol–water partition coefficient (Wildman–Crippen LogP) is 3.47. The third-order valence-corrected chi connectivity index (χ3v) is 2.88. The number of rotatable bonds is 4. The molecule has 16 heavy (non-hydrogen) atoms. The van der Waals surface area contributed by atoms with Crippen molar-refractivity contribution in [3.63, 3.8) is 0 Å². The summed E-state index contributed by atoms with van der Waals surface area (Å²) in [5.74, 6) is 0.207. The second-order valence-corrected chi connectivity index (χ2v) is 4.36. The van der Waals surface area contributed by atoms with E-state index >= 15 is 0 Å². The van der Waals surface area contributed by atoms with Crippen LogP contribution in [0.1, 0.15) is 32.8 Å². The Morgan fingerprint density at radius 2 is 2.06 bits per heavy atom. The quantitative estimate of drug-likeness (QED) is 0.439. The van der Waals surface area contributed by atoms with Gasteiger partial charge in [-0.15, -0.1) is 0 Å². The number of ether oxygens (including phenoxy) is 1. The average Bonchev–Trinajstić information content (AvgIpc) is 2.29. The maximum absolute atomic E-state index is 11.2. The van der Waals surface area contributed by atoms with Gasteiger partial charge in [-0.2, -0.15) is 0 Å². The molecule has 0 fully saturated rings. The van der Waals surface area contributed by atoms with Gasteiger partial charge in [-0.25, -0.2) is 4.79 Å². The van der Waals surface area contributed by atoms with Crippen LogP contribution in [0.4, 0.5) is 0 Å². The van der Waals surface area contributed by atoms with Gasteiger partial charge in [0, 0.05) is 11.6 Å². The largest absolute Gasteiger partial charge is 0.423 e. The molecule has 0 atom stereocenters. The zero-order valence-electron chi connectivity index (χ0n) is 10.1. The van der Waals surface area contributed by atoms with Crippen molar-refractivity contribution in [1.29, 1.82) is 0 Å². The van der Waals surface area contributed by atoms with E-state index in [0.717, 1.165) is 12.0 Å². The smallest absolute Gasteiger partial charge is 0.335 e. The van der Waals surface area contributed by atoms with Crippen LogP contribution in [0.5, 0.6) is 5.75 Å². The second-order valence-electron chi connectivity index (χ2n) is 4.36. The fourth-order valence-electron chi connectivity index (χ4n) is 1.46. The van der Waals surface area contributed by atoms with Crippen molar-refractivity contribution in [2.45, 2.75) is 32.6 Å². The molecule has 86 valence electrons. The van der Waals surface area contributed by atoms with E-state index in [2.05, 4.69) is 27.4 Å². The van der Waals surface area contributed by atoms with E-state index in [1.807, 2.05) is 24.3 Å². The third kappa shape index (κ3) is 2.72. The van der Waals surface area contributed by atoms with Crippen molar-refractivity contribution >= 4 is 5.97 Å². The Bertz CT molecular complexity index is 391. The molecule has 0 bridgehead atoms. The van der Waals surface area contributed by atoms with Crippen molar-refractivity contribution in [3.05, 3.63) is 42.5 Å². The molecule has 0 saturated heterocycles. The van der Waals surface area contributed by atoms with Gasteiger partial charge in [-0.1, -0.05) is 45.5 Å². The van der Waals surface area contributed by atoms with Gasteiger partial charge in [0.05, 0.1) is 0 Å². The van der Waals surface area contributed by atoms with Gasteiger partial charge in [0.15, 0.2) is 0 Å². The number of para-hydroxylation sites is 1. The van der Waals surface area contributed by atoms with Crippen LogP contribution < -0.4 is 4.74 Å². The second kappa shape index (κ2) is 4.97. The van der Waals surface area contributed by atoms with Crippen LogP contribution in [0.3, 0.4) is 0 Å². The molecule has 0 aliphatic heterocycles. The topological polar surface area (TPSA) is 26.3 Å². The van der Waals surface area contributed by atoms with Crippen molar-refractivity contribution in [1.82, 2.24) is 0 Å². The maximum Gasteiger partial charge on any atom is 0.335 e. The van der Waals surface area contributed by atoms with E-state index in [1.54, 1.807) is 0 Å². The molecular weight excluding hydrogens is 200 g/mol. The summed E-state index contributed by atoms with van der Waals surface area (Å²) in [5, 5.41) is 0. The van der Waals surface area contributed by atoms with Crippen LogP contribution in [0.15, 0.2) is 36.9 Å². The molecule has 0 saturated carbocycles. The lowest BCUT2D eigenvalue weighted by atomic mass is 9.82. The summed E-state index contributed by atoms with van der Waals surface area (Å²) in [5.41, 5.74) is 1.05. The number of carbonyl (C=O) groups excluding carboxylic acids is 1. The predicted molar refractivity (Wildman–Crippen MR) is 65.6 cm³/mol. The number of hydrogen-bond acceptors (Lipinski definition) is 2. The fourth-order valence-corrected chi connectivity index (χ4v) is 1.46. The zero-order valence-corrected chi connectivity index (χ0v) is 10.1. The molecule has 0 spiro atoms. The van der Waals surface area contributed by atoms with E-state index in [9.17, 15) is 4.79 Å². The molecule has 0 heterocycles. The normalized spacial score (nSPS) is 10.9. The Balaban J connectivity index is 3.10. The molecule has 2 nitrogen and oxygen atoms in total. The molecule has 0 aliphatic carbocycles.